The SMILES string of the molecule is CCC(C)NC(=O)C(Cc1ccccc1)N(Cc1ccccc1C)C(=O)CN(c1ccc(Cl)c(C(F)(F)F)c1)S(=O)(=O)c1ccccc1. The van der Waals surface area contributed by atoms with Crippen LogP contribution in [0.5, 0.6) is 0 Å². The quantitative estimate of drug-likeness (QED) is 0.157. The van der Waals surface area contributed by atoms with Gasteiger partial charge in [0.15, 0.2) is 0 Å². The average Bonchev–Trinajstić information content (AvgIpc) is 3.06. The molecule has 0 saturated carbocycles. The molecule has 0 saturated heterocycles. The molecule has 2 unspecified atom stereocenters. The van der Waals surface area contributed by atoms with Crippen molar-refractivity contribution in [1.82, 2.24) is 10.2 Å². The van der Waals surface area contributed by atoms with E-state index in [0.29, 0.717) is 22.4 Å². The van der Waals surface area contributed by atoms with E-state index in [1.807, 2.05) is 51.1 Å². The topological polar surface area (TPSA) is 86.8 Å². The van der Waals surface area contributed by atoms with Crippen LogP contribution in [0.25, 0.3) is 0 Å². The maximum absolute atomic E-state index is 14.6. The van der Waals surface area contributed by atoms with Crippen molar-refractivity contribution in [2.75, 3.05) is 10.8 Å². The maximum Gasteiger partial charge on any atom is 0.417 e. The summed E-state index contributed by atoms with van der Waals surface area (Å²) in [6.07, 6.45) is -4.17. The van der Waals surface area contributed by atoms with Gasteiger partial charge in [-0.3, -0.25) is 13.9 Å². The first-order chi connectivity index (χ1) is 22.7. The van der Waals surface area contributed by atoms with E-state index in [2.05, 4.69) is 5.32 Å². The van der Waals surface area contributed by atoms with Crippen LogP contribution in [0.3, 0.4) is 0 Å². The molecule has 4 rings (SSSR count). The zero-order valence-corrected chi connectivity index (χ0v) is 28.3. The number of carbonyl (C=O) groups is 2. The molecule has 7 nitrogen and oxygen atoms in total. The molecule has 0 fully saturated rings. The number of carbonyl (C=O) groups excluding carboxylic acids is 2. The van der Waals surface area contributed by atoms with E-state index < -0.39 is 56.9 Å². The van der Waals surface area contributed by atoms with Gasteiger partial charge in [-0.25, -0.2) is 8.42 Å². The van der Waals surface area contributed by atoms with E-state index in [0.717, 1.165) is 23.3 Å². The van der Waals surface area contributed by atoms with Crippen LogP contribution in [0.2, 0.25) is 5.02 Å². The smallest absolute Gasteiger partial charge is 0.352 e. The molecule has 0 radical (unpaired) electrons. The van der Waals surface area contributed by atoms with Crippen LogP contribution in [0.1, 0.15) is 42.5 Å². The van der Waals surface area contributed by atoms with Crippen molar-refractivity contribution in [2.45, 2.75) is 63.3 Å². The number of hydrogen-bond acceptors (Lipinski definition) is 4. The second-order valence-electron chi connectivity index (χ2n) is 11.5. The zero-order chi connectivity index (χ0) is 35.1. The number of hydrogen-bond donors (Lipinski definition) is 1. The number of nitrogens with zero attached hydrogens (tertiary/aromatic N) is 2. The van der Waals surface area contributed by atoms with E-state index in [4.69, 9.17) is 11.6 Å². The molecule has 254 valence electrons. The normalized spacial score (nSPS) is 13.0. The first kappa shape index (κ1) is 36.5. The number of rotatable bonds is 13. The highest BCUT2D eigenvalue weighted by Gasteiger charge is 2.38. The predicted octanol–water partition coefficient (Wildman–Crippen LogP) is 7.42. The Balaban J connectivity index is 1.87. The molecule has 48 heavy (non-hydrogen) atoms. The lowest BCUT2D eigenvalue weighted by atomic mass is 10.0. The van der Waals surface area contributed by atoms with Crippen molar-refractivity contribution in [3.05, 3.63) is 130 Å². The minimum atomic E-state index is -4.90. The van der Waals surface area contributed by atoms with Crippen LogP contribution >= 0.6 is 11.6 Å². The Bertz CT molecular complexity index is 1820. The number of alkyl halides is 3. The summed E-state index contributed by atoms with van der Waals surface area (Å²) in [7, 11) is -4.59. The third-order valence-electron chi connectivity index (χ3n) is 8.03. The highest BCUT2D eigenvalue weighted by Crippen LogP contribution is 2.38. The summed E-state index contributed by atoms with van der Waals surface area (Å²) in [5.74, 6) is -1.24. The van der Waals surface area contributed by atoms with Crippen molar-refractivity contribution < 1.29 is 31.2 Å². The Labute approximate surface area is 284 Å². The van der Waals surface area contributed by atoms with Crippen LogP contribution in [0.15, 0.2) is 108 Å². The van der Waals surface area contributed by atoms with Crippen molar-refractivity contribution in [2.24, 2.45) is 0 Å². The second kappa shape index (κ2) is 15.7. The summed E-state index contributed by atoms with van der Waals surface area (Å²) in [5.41, 5.74) is 0.629. The van der Waals surface area contributed by atoms with E-state index in [1.165, 1.54) is 29.2 Å². The van der Waals surface area contributed by atoms with E-state index in [-0.39, 0.29) is 23.9 Å². The van der Waals surface area contributed by atoms with E-state index in [9.17, 15) is 31.2 Å². The lowest BCUT2D eigenvalue weighted by molar-refractivity contribution is -0.140. The van der Waals surface area contributed by atoms with Crippen molar-refractivity contribution in [3.63, 3.8) is 0 Å². The van der Waals surface area contributed by atoms with Gasteiger partial charge in [-0.2, -0.15) is 13.2 Å². The monoisotopic (exact) mass is 699 g/mol. The standard InChI is InChI=1S/C36H37ClF3N3O4S/c1-4-26(3)41-35(45)33(21-27-14-7-5-8-15-27)42(23-28-16-12-11-13-25(28)2)34(44)24-43(48(46,47)30-17-9-6-10-18-30)29-19-20-32(37)31(22-29)36(38,39)40/h5-20,22,26,33H,4,21,23-24H2,1-3H3,(H,41,45). The molecule has 1 N–H and O–H groups in total. The van der Waals surface area contributed by atoms with Gasteiger partial charge in [0, 0.05) is 19.0 Å². The fraction of sp³-hybridized carbons (Fsp3) is 0.278. The lowest BCUT2D eigenvalue weighted by Crippen LogP contribution is -2.54. The number of nitrogens with one attached hydrogen (secondary N) is 1. The lowest BCUT2D eigenvalue weighted by Gasteiger charge is -2.34. The van der Waals surface area contributed by atoms with Gasteiger partial charge >= 0.3 is 6.18 Å². The largest absolute Gasteiger partial charge is 0.417 e. The molecule has 2 amide bonds. The fourth-order valence-corrected chi connectivity index (χ4v) is 6.75. The predicted molar refractivity (Wildman–Crippen MR) is 181 cm³/mol. The van der Waals surface area contributed by atoms with Gasteiger partial charge in [-0.15, -0.1) is 0 Å². The summed E-state index contributed by atoms with van der Waals surface area (Å²) >= 11 is 5.88. The average molecular weight is 700 g/mol. The maximum atomic E-state index is 14.6. The van der Waals surface area contributed by atoms with Crippen LogP contribution < -0.4 is 9.62 Å². The molecule has 0 aliphatic rings. The summed E-state index contributed by atoms with van der Waals surface area (Å²) in [4.78, 5) is 29.6. The Morgan fingerprint density at radius 2 is 1.50 bits per heavy atom. The third-order valence-corrected chi connectivity index (χ3v) is 10.1. The van der Waals surface area contributed by atoms with Gasteiger partial charge < -0.3 is 10.2 Å². The fourth-order valence-electron chi connectivity index (χ4n) is 5.10. The molecule has 0 heterocycles. The molecular weight excluding hydrogens is 663 g/mol. The van der Waals surface area contributed by atoms with E-state index in [1.54, 1.807) is 30.3 Å². The summed E-state index contributed by atoms with van der Waals surface area (Å²) < 4.78 is 70.6. The minimum Gasteiger partial charge on any atom is -0.352 e. The number of amides is 2. The zero-order valence-electron chi connectivity index (χ0n) is 26.7. The second-order valence-corrected chi connectivity index (χ2v) is 13.7. The first-order valence-electron chi connectivity index (χ1n) is 15.3. The van der Waals surface area contributed by atoms with Gasteiger partial charge in [-0.05, 0) is 67.3 Å². The number of sulfonamides is 1. The van der Waals surface area contributed by atoms with Crippen molar-refractivity contribution in [3.8, 4) is 0 Å². The highest BCUT2D eigenvalue weighted by molar-refractivity contribution is 7.92. The molecule has 4 aromatic rings. The summed E-state index contributed by atoms with van der Waals surface area (Å²) in [6.45, 7) is 4.62. The van der Waals surface area contributed by atoms with Gasteiger partial charge in [0.1, 0.15) is 12.6 Å². The molecule has 2 atom stereocenters. The molecule has 4 aromatic carbocycles. The van der Waals surface area contributed by atoms with Gasteiger partial charge in [0.2, 0.25) is 11.8 Å². The minimum absolute atomic E-state index is 0.0649. The van der Waals surface area contributed by atoms with Crippen LogP contribution in [0, 0.1) is 6.92 Å². The van der Waals surface area contributed by atoms with E-state index >= 15 is 0 Å². The van der Waals surface area contributed by atoms with Gasteiger partial charge in [0.05, 0.1) is 21.2 Å². The third kappa shape index (κ3) is 8.96. The van der Waals surface area contributed by atoms with Gasteiger partial charge in [0.25, 0.3) is 10.0 Å². The van der Waals surface area contributed by atoms with Crippen LogP contribution in [-0.4, -0.2) is 43.8 Å². The summed E-state index contributed by atoms with van der Waals surface area (Å²) in [6, 6.07) is 24.8. The van der Waals surface area contributed by atoms with Gasteiger partial charge in [-0.1, -0.05) is 91.3 Å². The summed E-state index contributed by atoms with van der Waals surface area (Å²) in [5, 5.41) is 2.33. The first-order valence-corrected chi connectivity index (χ1v) is 17.2. The van der Waals surface area contributed by atoms with Crippen molar-refractivity contribution >= 4 is 39.1 Å². The number of halogens is 4. The number of benzene rings is 4. The van der Waals surface area contributed by atoms with Crippen LogP contribution in [-0.2, 0) is 38.8 Å². The molecular formula is C36H37ClF3N3O4S. The van der Waals surface area contributed by atoms with Crippen LogP contribution in [0.4, 0.5) is 18.9 Å². The molecule has 12 heteroatoms. The number of anilines is 1. The number of aryl methyl sites for hydroxylation is 1. The Kier molecular flexibility index (Phi) is 11.9. The Morgan fingerprint density at radius 3 is 2.10 bits per heavy atom. The Morgan fingerprint density at radius 1 is 0.896 bits per heavy atom. The highest BCUT2D eigenvalue weighted by atomic mass is 35.5. The molecule has 0 bridgehead atoms. The molecule has 0 aliphatic heterocycles. The van der Waals surface area contributed by atoms with Crippen molar-refractivity contribution in [1.29, 1.82) is 0 Å². The molecule has 0 spiro atoms. The molecule has 0 aromatic heterocycles. The molecule has 0 aliphatic carbocycles. The Hall–Kier alpha value is -4.35.